The molecule has 0 heterocycles. The number of rotatable bonds is 7. The van der Waals surface area contributed by atoms with E-state index in [0.717, 1.165) is 18.9 Å². The number of nitrogens with one attached hydrogen (secondary N) is 1. The van der Waals surface area contributed by atoms with Crippen molar-refractivity contribution >= 4 is 0 Å². The molecule has 106 valence electrons. The van der Waals surface area contributed by atoms with E-state index in [1.165, 1.54) is 18.4 Å². The minimum absolute atomic E-state index is 0.413. The van der Waals surface area contributed by atoms with Gasteiger partial charge in [-0.1, -0.05) is 32.9 Å². The molecular weight excluding hydrogens is 234 g/mol. The average Bonchev–Trinajstić information content (AvgIpc) is 3.13. The normalized spacial score (nSPS) is 18.4. The second kappa shape index (κ2) is 5.96. The van der Waals surface area contributed by atoms with Crippen LogP contribution in [-0.4, -0.2) is 13.2 Å². The fraction of sp³-hybridized carbons (Fsp3) is 0.647. The molecule has 1 aromatic carbocycles. The van der Waals surface area contributed by atoms with Crippen molar-refractivity contribution in [3.63, 3.8) is 0 Å². The molecule has 1 N–H and O–H groups in total. The highest BCUT2D eigenvalue weighted by Gasteiger charge is 2.36. The van der Waals surface area contributed by atoms with Crippen molar-refractivity contribution in [3.8, 4) is 5.75 Å². The molecule has 0 radical (unpaired) electrons. The standard InChI is InChI=1S/C17H27NO/c1-13(2)11-19-16-7-5-15(6-8-16)14(3)18-12-17(4)9-10-17/h5-8,13-14,18H,9-12H2,1-4H3. The summed E-state index contributed by atoms with van der Waals surface area (Å²) in [6, 6.07) is 8.91. The van der Waals surface area contributed by atoms with Crippen LogP contribution < -0.4 is 10.1 Å². The first kappa shape index (κ1) is 14.4. The van der Waals surface area contributed by atoms with Gasteiger partial charge in [0.1, 0.15) is 5.75 Å². The van der Waals surface area contributed by atoms with Gasteiger partial charge in [0.2, 0.25) is 0 Å². The van der Waals surface area contributed by atoms with Gasteiger partial charge in [0.05, 0.1) is 6.61 Å². The van der Waals surface area contributed by atoms with Crippen LogP contribution in [0.3, 0.4) is 0 Å². The average molecular weight is 261 g/mol. The summed E-state index contributed by atoms with van der Waals surface area (Å²) in [7, 11) is 0. The highest BCUT2D eigenvalue weighted by Crippen LogP contribution is 2.44. The van der Waals surface area contributed by atoms with Crippen LogP contribution in [-0.2, 0) is 0 Å². The Labute approximate surface area is 117 Å². The summed E-state index contributed by atoms with van der Waals surface area (Å²) >= 11 is 0. The molecule has 1 atom stereocenters. The van der Waals surface area contributed by atoms with Crippen LogP contribution in [0, 0.1) is 11.3 Å². The zero-order chi connectivity index (χ0) is 13.9. The molecule has 0 bridgehead atoms. The Morgan fingerprint density at radius 1 is 1.16 bits per heavy atom. The number of ether oxygens (including phenoxy) is 1. The minimum atomic E-state index is 0.413. The molecule has 1 saturated carbocycles. The van der Waals surface area contributed by atoms with Crippen molar-refractivity contribution in [2.24, 2.45) is 11.3 Å². The van der Waals surface area contributed by atoms with Gasteiger partial charge in [-0.3, -0.25) is 0 Å². The third-order valence-corrected chi connectivity index (χ3v) is 3.90. The highest BCUT2D eigenvalue weighted by atomic mass is 16.5. The maximum Gasteiger partial charge on any atom is 0.119 e. The fourth-order valence-corrected chi connectivity index (χ4v) is 2.02. The summed E-state index contributed by atoms with van der Waals surface area (Å²) < 4.78 is 5.71. The third kappa shape index (κ3) is 4.54. The zero-order valence-corrected chi connectivity index (χ0v) is 12.7. The number of hydrogen-bond donors (Lipinski definition) is 1. The summed E-state index contributed by atoms with van der Waals surface area (Å²) in [5.74, 6) is 1.54. The lowest BCUT2D eigenvalue weighted by Crippen LogP contribution is -2.25. The SMILES string of the molecule is CC(C)COc1ccc(C(C)NCC2(C)CC2)cc1. The van der Waals surface area contributed by atoms with Gasteiger partial charge in [0.25, 0.3) is 0 Å². The van der Waals surface area contributed by atoms with Gasteiger partial charge in [0, 0.05) is 12.6 Å². The molecule has 1 aliphatic carbocycles. The van der Waals surface area contributed by atoms with Crippen molar-refractivity contribution in [3.05, 3.63) is 29.8 Å². The van der Waals surface area contributed by atoms with E-state index >= 15 is 0 Å². The van der Waals surface area contributed by atoms with Gasteiger partial charge >= 0.3 is 0 Å². The Kier molecular flexibility index (Phi) is 4.51. The first-order chi connectivity index (χ1) is 8.98. The number of benzene rings is 1. The molecule has 1 aromatic rings. The first-order valence-electron chi connectivity index (χ1n) is 7.45. The summed E-state index contributed by atoms with van der Waals surface area (Å²) in [4.78, 5) is 0. The van der Waals surface area contributed by atoms with Crippen LogP contribution in [0.1, 0.15) is 52.1 Å². The maximum absolute atomic E-state index is 5.71. The van der Waals surface area contributed by atoms with E-state index in [9.17, 15) is 0 Å². The maximum atomic E-state index is 5.71. The van der Waals surface area contributed by atoms with Gasteiger partial charge in [0.15, 0.2) is 0 Å². The van der Waals surface area contributed by atoms with E-state index in [2.05, 4.69) is 57.3 Å². The smallest absolute Gasteiger partial charge is 0.119 e. The molecule has 0 spiro atoms. The topological polar surface area (TPSA) is 21.3 Å². The monoisotopic (exact) mass is 261 g/mol. The van der Waals surface area contributed by atoms with Crippen LogP contribution >= 0.6 is 0 Å². The van der Waals surface area contributed by atoms with E-state index in [1.54, 1.807) is 0 Å². The van der Waals surface area contributed by atoms with Crippen molar-refractivity contribution in [1.29, 1.82) is 0 Å². The molecule has 1 fully saturated rings. The number of hydrogen-bond acceptors (Lipinski definition) is 2. The quantitative estimate of drug-likeness (QED) is 0.795. The van der Waals surface area contributed by atoms with Crippen LogP contribution in [0.2, 0.25) is 0 Å². The molecule has 2 nitrogen and oxygen atoms in total. The van der Waals surface area contributed by atoms with Gasteiger partial charge in [-0.25, -0.2) is 0 Å². The Morgan fingerprint density at radius 2 is 1.79 bits per heavy atom. The van der Waals surface area contributed by atoms with E-state index in [1.807, 2.05) is 0 Å². The van der Waals surface area contributed by atoms with Gasteiger partial charge in [-0.05, 0) is 48.8 Å². The predicted octanol–water partition coefficient (Wildman–Crippen LogP) is 4.17. The molecule has 19 heavy (non-hydrogen) atoms. The summed E-state index contributed by atoms with van der Waals surface area (Å²) in [5, 5.41) is 3.63. The Balaban J connectivity index is 1.82. The van der Waals surface area contributed by atoms with Gasteiger partial charge in [-0.15, -0.1) is 0 Å². The molecule has 2 rings (SSSR count). The largest absolute Gasteiger partial charge is 0.493 e. The second-order valence-electron chi connectivity index (χ2n) is 6.69. The Bertz CT molecular complexity index is 392. The Morgan fingerprint density at radius 3 is 2.32 bits per heavy atom. The molecule has 1 unspecified atom stereocenters. The van der Waals surface area contributed by atoms with Crippen molar-refractivity contribution in [2.75, 3.05) is 13.2 Å². The van der Waals surface area contributed by atoms with E-state index in [0.29, 0.717) is 17.4 Å². The van der Waals surface area contributed by atoms with Gasteiger partial charge in [-0.2, -0.15) is 0 Å². The molecule has 0 aliphatic heterocycles. The lowest BCUT2D eigenvalue weighted by molar-refractivity contribution is 0.271. The van der Waals surface area contributed by atoms with Crippen LogP contribution in [0.5, 0.6) is 5.75 Å². The van der Waals surface area contributed by atoms with E-state index in [4.69, 9.17) is 4.74 Å². The van der Waals surface area contributed by atoms with Crippen LogP contribution in [0.4, 0.5) is 0 Å². The summed E-state index contributed by atoms with van der Waals surface area (Å²) in [6.45, 7) is 10.8. The molecule has 1 aliphatic rings. The van der Waals surface area contributed by atoms with Crippen molar-refractivity contribution in [2.45, 2.75) is 46.6 Å². The summed E-state index contributed by atoms with van der Waals surface area (Å²) in [5.41, 5.74) is 1.90. The first-order valence-corrected chi connectivity index (χ1v) is 7.45. The Hall–Kier alpha value is -1.02. The van der Waals surface area contributed by atoms with Crippen molar-refractivity contribution < 1.29 is 4.74 Å². The lowest BCUT2D eigenvalue weighted by Gasteiger charge is -2.18. The van der Waals surface area contributed by atoms with Crippen LogP contribution in [0.25, 0.3) is 0 Å². The van der Waals surface area contributed by atoms with E-state index < -0.39 is 0 Å². The zero-order valence-electron chi connectivity index (χ0n) is 12.7. The molecule has 0 aromatic heterocycles. The third-order valence-electron chi connectivity index (χ3n) is 3.90. The van der Waals surface area contributed by atoms with Crippen molar-refractivity contribution in [1.82, 2.24) is 5.32 Å². The second-order valence-corrected chi connectivity index (χ2v) is 6.69. The molecule has 0 saturated heterocycles. The predicted molar refractivity (Wildman–Crippen MR) is 80.5 cm³/mol. The highest BCUT2D eigenvalue weighted by molar-refractivity contribution is 5.29. The molecule has 0 amide bonds. The van der Waals surface area contributed by atoms with Gasteiger partial charge < -0.3 is 10.1 Å². The van der Waals surface area contributed by atoms with Crippen LogP contribution in [0.15, 0.2) is 24.3 Å². The fourth-order valence-electron chi connectivity index (χ4n) is 2.02. The minimum Gasteiger partial charge on any atom is -0.493 e. The molecule has 2 heteroatoms. The molecular formula is C17H27NO. The van der Waals surface area contributed by atoms with E-state index in [-0.39, 0.29) is 0 Å². The summed E-state index contributed by atoms with van der Waals surface area (Å²) in [6.07, 6.45) is 2.74. The lowest BCUT2D eigenvalue weighted by atomic mass is 10.1.